The zero-order valence-electron chi connectivity index (χ0n) is 7.46. The number of carbonyl (C=O) groups is 2. The Balaban J connectivity index is 2.57. The number of hydrogen-bond acceptors (Lipinski definition) is 3. The van der Waals surface area contributed by atoms with E-state index in [4.69, 9.17) is 16.3 Å². The van der Waals surface area contributed by atoms with Gasteiger partial charge in [-0.05, 0) is 31.4 Å². The molecule has 0 N–H and O–H groups in total. The molecule has 13 heavy (non-hydrogen) atoms. The highest BCUT2D eigenvalue weighted by Gasteiger charge is 2.34. The quantitative estimate of drug-likeness (QED) is 0.389. The van der Waals surface area contributed by atoms with Crippen molar-refractivity contribution in [3.8, 4) is 0 Å². The van der Waals surface area contributed by atoms with E-state index in [1.54, 1.807) is 6.92 Å². The van der Waals surface area contributed by atoms with Gasteiger partial charge in [0.25, 0.3) is 0 Å². The Morgan fingerprint density at radius 3 is 2.85 bits per heavy atom. The number of hydrogen-bond donors (Lipinski definition) is 0. The highest BCUT2D eigenvalue weighted by molar-refractivity contribution is 6.63. The van der Waals surface area contributed by atoms with Crippen molar-refractivity contribution >= 4 is 22.9 Å². The van der Waals surface area contributed by atoms with Gasteiger partial charge in [-0.2, -0.15) is 0 Å². The predicted molar refractivity (Wildman–Crippen MR) is 47.6 cm³/mol. The zero-order chi connectivity index (χ0) is 9.84. The summed E-state index contributed by atoms with van der Waals surface area (Å²) in [5.41, 5.74) is 0. The Morgan fingerprint density at radius 2 is 2.31 bits per heavy atom. The molecule has 0 radical (unpaired) electrons. The van der Waals surface area contributed by atoms with Crippen LogP contribution >= 0.6 is 11.6 Å². The van der Waals surface area contributed by atoms with Gasteiger partial charge in [0.05, 0.1) is 6.61 Å². The molecular weight excluding hydrogens is 194 g/mol. The van der Waals surface area contributed by atoms with E-state index in [1.807, 2.05) is 0 Å². The van der Waals surface area contributed by atoms with Crippen molar-refractivity contribution in [3.05, 3.63) is 0 Å². The van der Waals surface area contributed by atoms with Crippen LogP contribution in [0.1, 0.15) is 19.8 Å². The van der Waals surface area contributed by atoms with Crippen LogP contribution in [-0.4, -0.2) is 35.4 Å². The molecule has 0 saturated carbocycles. The molecular formula is C8H12ClNO3. The van der Waals surface area contributed by atoms with E-state index in [0.29, 0.717) is 19.6 Å². The van der Waals surface area contributed by atoms with Gasteiger partial charge in [0, 0.05) is 6.54 Å². The average Bonchev–Trinajstić information content (AvgIpc) is 2.52. The standard InChI is InChI=1S/C8H12ClNO3/c1-2-13-7(11)6-4-3-5-10(6)8(9)12/h6H,2-5H2,1H3. The van der Waals surface area contributed by atoms with Crippen LogP contribution in [0.3, 0.4) is 0 Å². The fraction of sp³-hybridized carbons (Fsp3) is 0.750. The van der Waals surface area contributed by atoms with E-state index in [-0.39, 0.29) is 5.97 Å². The predicted octanol–water partition coefficient (Wildman–Crippen LogP) is 1.37. The van der Waals surface area contributed by atoms with Gasteiger partial charge >= 0.3 is 11.3 Å². The van der Waals surface area contributed by atoms with Gasteiger partial charge in [-0.25, -0.2) is 4.79 Å². The summed E-state index contributed by atoms with van der Waals surface area (Å²) in [6, 6.07) is -0.468. The molecule has 5 heteroatoms. The van der Waals surface area contributed by atoms with Crippen molar-refractivity contribution in [1.82, 2.24) is 4.90 Å². The number of halogens is 1. The normalized spacial score (nSPS) is 21.7. The van der Waals surface area contributed by atoms with E-state index in [1.165, 1.54) is 4.90 Å². The van der Waals surface area contributed by atoms with Gasteiger partial charge < -0.3 is 9.64 Å². The summed E-state index contributed by atoms with van der Waals surface area (Å²) in [4.78, 5) is 23.5. The van der Waals surface area contributed by atoms with Gasteiger partial charge in [0.15, 0.2) is 0 Å². The number of likely N-dealkylation sites (tertiary alicyclic amines) is 1. The molecule has 0 aromatic rings. The van der Waals surface area contributed by atoms with Gasteiger partial charge in [-0.15, -0.1) is 0 Å². The summed E-state index contributed by atoms with van der Waals surface area (Å²) >= 11 is 5.30. The summed E-state index contributed by atoms with van der Waals surface area (Å²) in [5, 5.41) is -0.574. The molecule has 74 valence electrons. The molecule has 0 aliphatic carbocycles. The van der Waals surface area contributed by atoms with Crippen LogP contribution in [0, 0.1) is 0 Å². The second kappa shape index (κ2) is 4.46. The smallest absolute Gasteiger partial charge is 0.328 e. The molecule has 4 nitrogen and oxygen atoms in total. The van der Waals surface area contributed by atoms with Crippen molar-refractivity contribution in [2.24, 2.45) is 0 Å². The second-order valence-corrected chi connectivity index (χ2v) is 3.18. The molecule has 1 rings (SSSR count). The van der Waals surface area contributed by atoms with Gasteiger partial charge in [-0.1, -0.05) is 0 Å². The Kier molecular flexibility index (Phi) is 3.54. The largest absolute Gasteiger partial charge is 0.464 e. The van der Waals surface area contributed by atoms with Crippen LogP contribution in [0.25, 0.3) is 0 Å². The molecule has 1 unspecified atom stereocenters. The summed E-state index contributed by atoms with van der Waals surface area (Å²) in [5.74, 6) is -0.353. The van der Waals surface area contributed by atoms with Gasteiger partial charge in [0.1, 0.15) is 6.04 Å². The van der Waals surface area contributed by atoms with Crippen molar-refractivity contribution in [2.75, 3.05) is 13.2 Å². The molecule has 1 fully saturated rings. The highest BCUT2D eigenvalue weighted by Crippen LogP contribution is 2.19. The van der Waals surface area contributed by atoms with Crippen molar-refractivity contribution in [1.29, 1.82) is 0 Å². The minimum Gasteiger partial charge on any atom is -0.464 e. The number of ether oxygens (including phenoxy) is 1. The van der Waals surface area contributed by atoms with Crippen LogP contribution in [0.5, 0.6) is 0 Å². The molecule has 0 aromatic heterocycles. The SMILES string of the molecule is CCOC(=O)C1CCCN1C(=O)Cl. The fourth-order valence-electron chi connectivity index (χ4n) is 1.46. The van der Waals surface area contributed by atoms with E-state index in [9.17, 15) is 9.59 Å². The summed E-state index contributed by atoms with van der Waals surface area (Å²) < 4.78 is 4.81. The minimum absolute atomic E-state index is 0.333. The van der Waals surface area contributed by atoms with Crippen LogP contribution in [0.15, 0.2) is 0 Å². The van der Waals surface area contributed by atoms with Gasteiger partial charge in [-0.3, -0.25) is 4.79 Å². The summed E-state index contributed by atoms with van der Waals surface area (Å²) in [7, 11) is 0. The zero-order valence-corrected chi connectivity index (χ0v) is 8.21. The maximum Gasteiger partial charge on any atom is 0.328 e. The Bertz CT molecular complexity index is 219. The molecule has 1 aliphatic heterocycles. The lowest BCUT2D eigenvalue weighted by Gasteiger charge is -2.19. The Hall–Kier alpha value is -0.770. The molecule has 1 atom stereocenters. The van der Waals surface area contributed by atoms with E-state index >= 15 is 0 Å². The summed E-state index contributed by atoms with van der Waals surface area (Å²) in [6.07, 6.45) is 1.46. The average molecular weight is 206 g/mol. The molecule has 0 bridgehead atoms. The van der Waals surface area contributed by atoms with Crippen LogP contribution in [0.2, 0.25) is 0 Å². The first kappa shape index (κ1) is 10.3. The minimum atomic E-state index is -0.574. The molecule has 1 heterocycles. The Labute approximate surface area is 81.8 Å². The number of nitrogens with zero attached hydrogens (tertiary/aromatic N) is 1. The van der Waals surface area contributed by atoms with Crippen LogP contribution in [0.4, 0.5) is 4.79 Å². The molecule has 0 aromatic carbocycles. The van der Waals surface area contributed by atoms with Crippen LogP contribution < -0.4 is 0 Å². The van der Waals surface area contributed by atoms with E-state index < -0.39 is 11.4 Å². The lowest BCUT2D eigenvalue weighted by Crippen LogP contribution is -2.38. The number of amides is 1. The third-order valence-corrected chi connectivity index (χ3v) is 2.25. The number of rotatable bonds is 2. The first-order valence-electron chi connectivity index (χ1n) is 4.29. The lowest BCUT2D eigenvalue weighted by molar-refractivity contribution is -0.147. The second-order valence-electron chi connectivity index (χ2n) is 2.86. The number of esters is 1. The van der Waals surface area contributed by atoms with Crippen molar-refractivity contribution in [2.45, 2.75) is 25.8 Å². The molecule has 1 amide bonds. The third kappa shape index (κ3) is 2.34. The summed E-state index contributed by atoms with van der Waals surface area (Å²) in [6.45, 7) is 2.62. The number of carbonyl (C=O) groups excluding carboxylic acids is 2. The maximum absolute atomic E-state index is 11.3. The molecule has 1 saturated heterocycles. The Morgan fingerprint density at radius 1 is 1.62 bits per heavy atom. The highest BCUT2D eigenvalue weighted by atomic mass is 35.5. The first-order valence-corrected chi connectivity index (χ1v) is 4.67. The van der Waals surface area contributed by atoms with Gasteiger partial charge in [0.2, 0.25) is 0 Å². The van der Waals surface area contributed by atoms with Crippen molar-refractivity contribution in [3.63, 3.8) is 0 Å². The lowest BCUT2D eigenvalue weighted by atomic mass is 10.2. The topological polar surface area (TPSA) is 46.6 Å². The van der Waals surface area contributed by atoms with Crippen molar-refractivity contribution < 1.29 is 14.3 Å². The monoisotopic (exact) mass is 205 g/mol. The maximum atomic E-state index is 11.3. The molecule has 0 spiro atoms. The van der Waals surface area contributed by atoms with Crippen LogP contribution in [-0.2, 0) is 9.53 Å². The fourth-order valence-corrected chi connectivity index (χ4v) is 1.66. The third-order valence-electron chi connectivity index (χ3n) is 2.04. The van der Waals surface area contributed by atoms with E-state index in [2.05, 4.69) is 0 Å². The van der Waals surface area contributed by atoms with E-state index in [0.717, 1.165) is 6.42 Å². The first-order chi connectivity index (χ1) is 6.16. The molecule has 1 aliphatic rings.